The fraction of sp³-hybridized carbons (Fsp3) is 0.364. The Bertz CT molecular complexity index is 566. The van der Waals surface area contributed by atoms with Gasteiger partial charge < -0.3 is 10.8 Å². The molecule has 0 unspecified atom stereocenters. The summed E-state index contributed by atoms with van der Waals surface area (Å²) in [7, 11) is -3.63. The number of rotatable bonds is 5. The SMILES string of the molecule is Nc1ccccc1N(CC(=O)O)S(=O)(=O)C1CC1. The van der Waals surface area contributed by atoms with E-state index in [9.17, 15) is 13.2 Å². The molecular formula is C11H14N2O4S. The van der Waals surface area contributed by atoms with Crippen molar-refractivity contribution in [1.29, 1.82) is 0 Å². The van der Waals surface area contributed by atoms with Crippen LogP contribution in [0.3, 0.4) is 0 Å². The van der Waals surface area contributed by atoms with Crippen molar-refractivity contribution in [2.45, 2.75) is 18.1 Å². The molecule has 1 aliphatic rings. The van der Waals surface area contributed by atoms with E-state index in [1.807, 2.05) is 0 Å². The lowest BCUT2D eigenvalue weighted by Gasteiger charge is -2.23. The number of para-hydroxylation sites is 2. The predicted octanol–water partition coefficient (Wildman–Crippen LogP) is 0.652. The topological polar surface area (TPSA) is 101 Å². The second-order valence-electron chi connectivity index (χ2n) is 4.20. The maximum absolute atomic E-state index is 12.2. The molecule has 0 radical (unpaired) electrons. The second kappa shape index (κ2) is 4.49. The minimum absolute atomic E-state index is 0.229. The molecule has 1 saturated carbocycles. The smallest absolute Gasteiger partial charge is 0.324 e. The van der Waals surface area contributed by atoms with Gasteiger partial charge in [-0.2, -0.15) is 0 Å². The molecule has 18 heavy (non-hydrogen) atoms. The van der Waals surface area contributed by atoms with E-state index in [0.29, 0.717) is 12.8 Å². The van der Waals surface area contributed by atoms with Crippen LogP contribution in [-0.4, -0.2) is 31.3 Å². The van der Waals surface area contributed by atoms with Crippen molar-refractivity contribution < 1.29 is 18.3 Å². The Morgan fingerprint density at radius 1 is 1.39 bits per heavy atom. The number of benzene rings is 1. The molecule has 0 aliphatic heterocycles. The number of carboxylic acids is 1. The highest BCUT2D eigenvalue weighted by molar-refractivity contribution is 7.93. The van der Waals surface area contributed by atoms with Gasteiger partial charge in [-0.15, -0.1) is 0 Å². The lowest BCUT2D eigenvalue weighted by molar-refractivity contribution is -0.135. The van der Waals surface area contributed by atoms with Crippen molar-refractivity contribution in [2.75, 3.05) is 16.6 Å². The van der Waals surface area contributed by atoms with Crippen molar-refractivity contribution in [3.05, 3.63) is 24.3 Å². The van der Waals surface area contributed by atoms with Gasteiger partial charge in [0.2, 0.25) is 10.0 Å². The van der Waals surface area contributed by atoms with Crippen LogP contribution in [0, 0.1) is 0 Å². The first-order chi connectivity index (χ1) is 8.43. The summed E-state index contributed by atoms with van der Waals surface area (Å²) in [6.45, 7) is -0.604. The van der Waals surface area contributed by atoms with Crippen molar-refractivity contribution in [1.82, 2.24) is 0 Å². The van der Waals surface area contributed by atoms with E-state index < -0.39 is 27.8 Å². The van der Waals surface area contributed by atoms with Crippen molar-refractivity contribution in [3.63, 3.8) is 0 Å². The van der Waals surface area contributed by atoms with Crippen LogP contribution in [0.2, 0.25) is 0 Å². The normalized spacial score (nSPS) is 15.3. The number of anilines is 2. The van der Waals surface area contributed by atoms with Crippen molar-refractivity contribution in [3.8, 4) is 0 Å². The molecule has 0 amide bonds. The first-order valence-electron chi connectivity index (χ1n) is 5.51. The van der Waals surface area contributed by atoms with E-state index in [4.69, 9.17) is 10.8 Å². The first kappa shape index (κ1) is 12.7. The molecule has 0 spiro atoms. The lowest BCUT2D eigenvalue weighted by atomic mass is 10.3. The molecule has 6 nitrogen and oxygen atoms in total. The molecule has 2 rings (SSSR count). The summed E-state index contributed by atoms with van der Waals surface area (Å²) < 4.78 is 25.3. The number of aliphatic carboxylic acids is 1. The average Bonchev–Trinajstić information content (AvgIpc) is 3.10. The van der Waals surface area contributed by atoms with Crippen LogP contribution in [0.25, 0.3) is 0 Å². The second-order valence-corrected chi connectivity index (χ2v) is 6.34. The summed E-state index contributed by atoms with van der Waals surface area (Å²) in [5, 5.41) is 8.38. The van der Waals surface area contributed by atoms with Crippen molar-refractivity contribution >= 4 is 27.4 Å². The Morgan fingerprint density at radius 3 is 2.50 bits per heavy atom. The Balaban J connectivity index is 2.43. The van der Waals surface area contributed by atoms with Gasteiger partial charge in [0.1, 0.15) is 6.54 Å². The quantitative estimate of drug-likeness (QED) is 0.765. The van der Waals surface area contributed by atoms with E-state index in [1.165, 1.54) is 6.07 Å². The largest absolute Gasteiger partial charge is 0.480 e. The Hall–Kier alpha value is -1.76. The van der Waals surface area contributed by atoms with Gasteiger partial charge in [-0.25, -0.2) is 8.42 Å². The third kappa shape index (κ3) is 2.40. The standard InChI is InChI=1S/C11H14N2O4S/c12-9-3-1-2-4-10(9)13(7-11(14)15)18(16,17)8-5-6-8/h1-4,8H,5-7,12H2,(H,14,15). The highest BCUT2D eigenvalue weighted by Crippen LogP contribution is 2.35. The van der Waals surface area contributed by atoms with E-state index in [1.54, 1.807) is 18.2 Å². The Morgan fingerprint density at radius 2 is 2.00 bits per heavy atom. The summed E-state index contributed by atoms with van der Waals surface area (Å²) in [5.41, 5.74) is 6.20. The zero-order chi connectivity index (χ0) is 13.3. The van der Waals surface area contributed by atoms with Crippen LogP contribution in [0.15, 0.2) is 24.3 Å². The summed E-state index contributed by atoms with van der Waals surface area (Å²) in [4.78, 5) is 10.8. The molecule has 1 aromatic carbocycles. The van der Waals surface area contributed by atoms with Gasteiger partial charge in [0.15, 0.2) is 0 Å². The van der Waals surface area contributed by atoms with Crippen LogP contribution >= 0.6 is 0 Å². The fourth-order valence-corrected chi connectivity index (χ4v) is 3.52. The van der Waals surface area contributed by atoms with E-state index in [2.05, 4.69) is 0 Å². The molecule has 3 N–H and O–H groups in total. The Kier molecular flexibility index (Phi) is 3.16. The number of sulfonamides is 1. The minimum atomic E-state index is -3.63. The maximum atomic E-state index is 12.2. The number of nitrogens with two attached hydrogens (primary N) is 1. The van der Waals surface area contributed by atoms with Gasteiger partial charge in [0, 0.05) is 0 Å². The molecule has 98 valence electrons. The summed E-state index contributed by atoms with van der Waals surface area (Å²) >= 11 is 0. The van der Waals surface area contributed by atoms with Crippen LogP contribution in [-0.2, 0) is 14.8 Å². The maximum Gasteiger partial charge on any atom is 0.324 e. The zero-order valence-electron chi connectivity index (χ0n) is 9.61. The number of carboxylic acid groups (broad SMARTS) is 1. The zero-order valence-corrected chi connectivity index (χ0v) is 10.4. The number of hydrogen-bond donors (Lipinski definition) is 2. The monoisotopic (exact) mass is 270 g/mol. The van der Waals surface area contributed by atoms with Gasteiger partial charge in [-0.3, -0.25) is 9.10 Å². The van der Waals surface area contributed by atoms with Gasteiger partial charge in [0.25, 0.3) is 0 Å². The average molecular weight is 270 g/mol. The molecule has 1 aliphatic carbocycles. The van der Waals surface area contributed by atoms with Crippen LogP contribution in [0.1, 0.15) is 12.8 Å². The van der Waals surface area contributed by atoms with Crippen LogP contribution in [0.4, 0.5) is 11.4 Å². The van der Waals surface area contributed by atoms with E-state index in [0.717, 1.165) is 4.31 Å². The lowest BCUT2D eigenvalue weighted by Crippen LogP contribution is -2.38. The number of hydrogen-bond acceptors (Lipinski definition) is 4. The third-order valence-corrected chi connectivity index (χ3v) is 4.99. The Labute approximate surface area is 105 Å². The molecule has 1 fully saturated rings. The summed E-state index contributed by atoms with van der Waals surface area (Å²) in [6.07, 6.45) is 1.15. The molecule has 0 aromatic heterocycles. The molecule has 7 heteroatoms. The molecule has 0 saturated heterocycles. The van der Waals surface area contributed by atoms with E-state index >= 15 is 0 Å². The van der Waals surface area contributed by atoms with Gasteiger partial charge >= 0.3 is 5.97 Å². The first-order valence-corrected chi connectivity index (χ1v) is 7.01. The van der Waals surface area contributed by atoms with Crippen LogP contribution in [0.5, 0.6) is 0 Å². The summed E-state index contributed by atoms with van der Waals surface area (Å²) in [6, 6.07) is 6.36. The minimum Gasteiger partial charge on any atom is -0.480 e. The van der Waals surface area contributed by atoms with Gasteiger partial charge in [0.05, 0.1) is 16.6 Å². The molecule has 0 bridgehead atoms. The third-order valence-electron chi connectivity index (χ3n) is 2.74. The highest BCUT2D eigenvalue weighted by Gasteiger charge is 2.41. The van der Waals surface area contributed by atoms with Gasteiger partial charge in [-0.1, -0.05) is 12.1 Å². The van der Waals surface area contributed by atoms with Gasteiger partial charge in [-0.05, 0) is 25.0 Å². The van der Waals surface area contributed by atoms with E-state index in [-0.39, 0.29) is 11.4 Å². The predicted molar refractivity (Wildman–Crippen MR) is 67.8 cm³/mol. The number of nitrogens with zero attached hydrogens (tertiary/aromatic N) is 1. The van der Waals surface area contributed by atoms with Crippen molar-refractivity contribution in [2.24, 2.45) is 0 Å². The van der Waals surface area contributed by atoms with Crippen LogP contribution < -0.4 is 10.0 Å². The molecule has 1 aromatic rings. The molecule has 0 atom stereocenters. The molecular weight excluding hydrogens is 256 g/mol. The highest BCUT2D eigenvalue weighted by atomic mass is 32.2. The number of carbonyl (C=O) groups is 1. The molecule has 0 heterocycles. The number of nitrogen functional groups attached to an aromatic ring is 1. The summed E-state index contributed by atoms with van der Waals surface area (Å²) in [5.74, 6) is -1.21. The fourth-order valence-electron chi connectivity index (χ4n) is 1.70.